The number of rotatable bonds is 10. The fourth-order valence-electron chi connectivity index (χ4n) is 15.5. The number of likely N-dealkylation sites (N-methyl/N-ethyl adjacent to an activating group) is 7. The van der Waals surface area contributed by atoms with E-state index in [9.17, 15) is 60.3 Å². The summed E-state index contributed by atoms with van der Waals surface area (Å²) < 4.78 is 71.6. The maximum atomic E-state index is 15.7. The van der Waals surface area contributed by atoms with Crippen LogP contribution in [-0.2, 0) is 70.1 Å². The monoisotopic (exact) mass is 1480 g/mol. The average molecular weight is 1480 g/mol. The molecule has 4 saturated heterocycles. The van der Waals surface area contributed by atoms with Crippen molar-refractivity contribution in [1.29, 1.82) is 0 Å². The molecule has 25 nitrogen and oxygen atoms in total. The van der Waals surface area contributed by atoms with Crippen LogP contribution in [0.3, 0.4) is 0 Å². The fourth-order valence-corrected chi connectivity index (χ4v) is 15.8. The predicted molar refractivity (Wildman–Crippen MR) is 373 cm³/mol. The van der Waals surface area contributed by atoms with Gasteiger partial charge in [0.05, 0.1) is 36.6 Å². The van der Waals surface area contributed by atoms with Crippen LogP contribution in [0.25, 0.3) is 0 Å². The quantitative estimate of drug-likeness (QED) is 0.255. The number of benzene rings is 1. The number of nitrogens with one attached hydrogen (secondary N) is 3. The molecule has 4 heterocycles. The summed E-state index contributed by atoms with van der Waals surface area (Å²) in [6.45, 7) is 6.71. The molecule has 12 amide bonds. The molecule has 1 spiro atoms. The van der Waals surface area contributed by atoms with Crippen molar-refractivity contribution >= 4 is 82.5 Å². The molecule has 0 unspecified atom stereocenters. The van der Waals surface area contributed by atoms with E-state index in [1.165, 1.54) is 77.0 Å². The second-order valence-electron chi connectivity index (χ2n) is 30.1. The number of halogens is 6. The lowest BCUT2D eigenvalue weighted by atomic mass is 9.84. The molecule has 0 bridgehead atoms. The highest BCUT2D eigenvalue weighted by atomic mass is 35.5. The number of alkyl halides is 5. The van der Waals surface area contributed by atoms with Crippen molar-refractivity contribution in [3.05, 3.63) is 34.3 Å². The number of nitrogens with zero attached hydrogens (tertiary/aromatic N) is 10. The van der Waals surface area contributed by atoms with Crippen LogP contribution >= 0.6 is 11.6 Å². The Kier molecular flexibility index (Phi) is 28.8. The molecular formula is C72H109ClF5N13O12. The Morgan fingerprint density at radius 3 is 1.85 bits per heavy atom. The van der Waals surface area contributed by atoms with Crippen LogP contribution in [0.2, 0.25) is 5.02 Å². The lowest BCUT2D eigenvalue weighted by molar-refractivity contribution is -0.156. The molecule has 1 aromatic rings. The number of piperidine rings is 2. The van der Waals surface area contributed by atoms with E-state index in [-0.39, 0.29) is 69.6 Å². The fraction of sp³-hybridized carbons (Fsp3) is 0.750. The van der Waals surface area contributed by atoms with Gasteiger partial charge in [0, 0.05) is 101 Å². The van der Waals surface area contributed by atoms with Gasteiger partial charge in [0.25, 0.3) is 5.92 Å². The summed E-state index contributed by atoms with van der Waals surface area (Å²) in [7, 11) is 9.55. The Bertz CT molecular complexity index is 3250. The summed E-state index contributed by atoms with van der Waals surface area (Å²) >= 11 is 6.18. The number of likely N-dealkylation sites (tertiary alicyclic amines) is 2. The highest BCUT2D eigenvalue weighted by Gasteiger charge is 2.53. The molecule has 1 aromatic carbocycles. The van der Waals surface area contributed by atoms with Gasteiger partial charge in [-0.1, -0.05) is 96.7 Å². The maximum Gasteiger partial charge on any atom is 0.417 e. The minimum Gasteiger partial charge on any atom is -0.343 e. The number of amides is 12. The molecule has 103 heavy (non-hydrogen) atoms. The zero-order valence-corrected chi connectivity index (χ0v) is 62.8. The van der Waals surface area contributed by atoms with E-state index in [0.29, 0.717) is 45.2 Å². The van der Waals surface area contributed by atoms with Crippen molar-refractivity contribution < 1.29 is 79.5 Å². The number of fused-ring (bicyclic) bond motifs is 1. The normalized spacial score (nSPS) is 27.8. The number of hydrogen-bond donors (Lipinski definition) is 3. The molecule has 0 radical (unpaired) electrons. The molecule has 0 aromatic heterocycles. The van der Waals surface area contributed by atoms with Gasteiger partial charge in [-0.15, -0.1) is 0 Å². The van der Waals surface area contributed by atoms with E-state index in [0.717, 1.165) is 75.2 Å². The molecule has 9 atom stereocenters. The first-order valence-electron chi connectivity index (χ1n) is 36.6. The second-order valence-corrected chi connectivity index (χ2v) is 30.6. The predicted octanol–water partition coefficient (Wildman–Crippen LogP) is 5.18. The molecule has 7 rings (SSSR count). The SMILES string of the molecule is CC[C@H](C)[C@@H]1NC(=O)[C@H](C)N(C)C(=O)C[C@@H](C(=O)N2CCCCC2)N(C)C(=O)[C@H](C(C)C)N(C)C(=O)C2(CCCC2)NC(=O)[C@@H]2C[C@H](N3CCC(F)(F)CC3)CN2C(=O)[C@H](CCc2ccc(C(F)(F)F)c(Cl)c2)NC(=O)CN(C)C(=O)[C@H](CC2CCCCC2)N(C)C(=O)CN(C)C(=O)CN(C)C1=O. The zero-order valence-electron chi connectivity index (χ0n) is 62.0. The van der Waals surface area contributed by atoms with Crippen LogP contribution in [0.15, 0.2) is 18.2 Å². The van der Waals surface area contributed by atoms with E-state index in [2.05, 4.69) is 16.0 Å². The molecule has 3 N–H and O–H groups in total. The van der Waals surface area contributed by atoms with E-state index in [1.807, 2.05) is 0 Å². The molecule has 576 valence electrons. The number of hydrogen-bond acceptors (Lipinski definition) is 13. The van der Waals surface area contributed by atoms with Gasteiger partial charge >= 0.3 is 6.18 Å². The van der Waals surface area contributed by atoms with Gasteiger partial charge in [0.15, 0.2) is 0 Å². The number of aryl methyl sites for hydroxylation is 1. The van der Waals surface area contributed by atoms with Crippen molar-refractivity contribution in [3.8, 4) is 0 Å². The molecule has 6 fully saturated rings. The van der Waals surface area contributed by atoms with Crippen molar-refractivity contribution in [1.82, 2.24) is 64.9 Å². The highest BCUT2D eigenvalue weighted by Crippen LogP contribution is 2.38. The van der Waals surface area contributed by atoms with E-state index in [1.54, 1.807) is 37.5 Å². The average Bonchev–Trinajstić information content (AvgIpc) is 1.69. The first-order valence-corrected chi connectivity index (χ1v) is 37.0. The minimum atomic E-state index is -4.81. The Balaban J connectivity index is 1.30. The number of carbonyl (C=O) groups is 12. The van der Waals surface area contributed by atoms with E-state index >= 15 is 19.2 Å². The Hall–Kier alpha value is -7.24. The summed E-state index contributed by atoms with van der Waals surface area (Å²) in [6, 6.07) is -7.18. The highest BCUT2D eigenvalue weighted by molar-refractivity contribution is 6.31. The third kappa shape index (κ3) is 20.6. The number of carbonyl (C=O) groups excluding carboxylic acids is 12. The Morgan fingerprint density at radius 1 is 0.660 bits per heavy atom. The molecule has 2 saturated carbocycles. The van der Waals surface area contributed by atoms with E-state index in [4.69, 9.17) is 11.6 Å². The Labute approximate surface area is 607 Å². The minimum absolute atomic E-state index is 0.0254. The molecule has 31 heteroatoms. The van der Waals surface area contributed by atoms with Crippen molar-refractivity contribution in [2.24, 2.45) is 17.8 Å². The third-order valence-electron chi connectivity index (χ3n) is 22.5. The van der Waals surface area contributed by atoms with Gasteiger partial charge in [0.1, 0.15) is 47.8 Å². The smallest absolute Gasteiger partial charge is 0.343 e. The van der Waals surface area contributed by atoms with Crippen LogP contribution in [-0.4, -0.2) is 281 Å². The third-order valence-corrected chi connectivity index (χ3v) is 22.8. The van der Waals surface area contributed by atoms with Gasteiger partial charge in [0.2, 0.25) is 70.9 Å². The molecule has 2 aliphatic carbocycles. The van der Waals surface area contributed by atoms with Gasteiger partial charge in [-0.25, -0.2) is 8.78 Å². The van der Waals surface area contributed by atoms with Gasteiger partial charge in [-0.05, 0) is 100 Å². The second kappa shape index (κ2) is 35.7. The summed E-state index contributed by atoms with van der Waals surface area (Å²) in [5, 5.41) is 7.89. The topological polar surface area (TPSA) is 273 Å². The first kappa shape index (κ1) is 83.0. The summed E-state index contributed by atoms with van der Waals surface area (Å²) in [6.07, 6.45) is 0.747. The lowest BCUT2D eigenvalue weighted by Gasteiger charge is -2.41. The summed E-state index contributed by atoms with van der Waals surface area (Å²) in [5.74, 6) is -12.9. The summed E-state index contributed by atoms with van der Waals surface area (Å²) in [5.41, 5.74) is -2.60. The zero-order chi connectivity index (χ0) is 76.3. The standard InChI is InChI=1S/C72H109ClF5N13O12/c1-13-45(4)60-67(101)84(8)42-58(94)82(6)43-59(95)86(10)54(37-47-22-16-14-17-23-47)65(99)83(7)41-56(92)79-52(27-25-48-24-26-50(51(73)36-48)72(76,77)78)64(98)91-40-49(89-34-30-71(74,75)31-35-89)38-53(91)63(97)81-70(28-18-19-29-70)69(103)88(12)61(44(2)3)68(102)87(11)55(66(100)90-32-20-15-21-33-90)39-57(93)85(9)46(5)62(96)80-60/h24,26,36,44-47,49,52-55,60-61H,13-23,25,27-35,37-43H2,1-12H3,(H,79,92)(H,80,96)(H,81,97)/t45-,46-,49-,52-,53-,54-,55-,60-,61-/m0/s1. The van der Waals surface area contributed by atoms with E-state index < -0.39 is 198 Å². The van der Waals surface area contributed by atoms with Crippen LogP contribution in [0, 0.1) is 17.8 Å². The van der Waals surface area contributed by atoms with Crippen LogP contribution < -0.4 is 16.0 Å². The van der Waals surface area contributed by atoms with Gasteiger partial charge in [-0.3, -0.25) is 62.4 Å². The Morgan fingerprint density at radius 2 is 1.26 bits per heavy atom. The van der Waals surface area contributed by atoms with Crippen LogP contribution in [0.1, 0.15) is 168 Å². The van der Waals surface area contributed by atoms with Crippen LogP contribution in [0.4, 0.5) is 22.0 Å². The molecule has 4 aliphatic heterocycles. The van der Waals surface area contributed by atoms with Crippen molar-refractivity contribution in [2.45, 2.75) is 229 Å². The molecule has 6 aliphatic rings. The summed E-state index contributed by atoms with van der Waals surface area (Å²) in [4.78, 5) is 191. The van der Waals surface area contributed by atoms with Crippen molar-refractivity contribution in [2.75, 3.05) is 102 Å². The molecular weight excluding hydrogens is 1370 g/mol. The van der Waals surface area contributed by atoms with Gasteiger partial charge < -0.3 is 60.0 Å². The largest absolute Gasteiger partial charge is 0.417 e. The van der Waals surface area contributed by atoms with Crippen LogP contribution in [0.5, 0.6) is 0 Å². The van der Waals surface area contributed by atoms with Gasteiger partial charge in [-0.2, -0.15) is 13.2 Å². The first-order chi connectivity index (χ1) is 48.3. The maximum absolute atomic E-state index is 15.7. The lowest BCUT2D eigenvalue weighted by Crippen LogP contribution is -2.65. The van der Waals surface area contributed by atoms with Crippen molar-refractivity contribution in [3.63, 3.8) is 0 Å².